The van der Waals surface area contributed by atoms with Crippen LogP contribution >= 0.6 is 11.8 Å². The van der Waals surface area contributed by atoms with E-state index in [4.69, 9.17) is 5.11 Å². The Kier molecular flexibility index (Phi) is 3.33. The minimum Gasteiger partial charge on any atom is -0.478 e. The molecule has 0 aliphatic carbocycles. The van der Waals surface area contributed by atoms with E-state index in [1.165, 1.54) is 28.8 Å². The molecular formula is C11H10FNO3S. The van der Waals surface area contributed by atoms with Gasteiger partial charge < -0.3 is 10.0 Å². The Bertz CT molecular complexity index is 478. The molecule has 0 spiro atoms. The van der Waals surface area contributed by atoms with Gasteiger partial charge in [-0.1, -0.05) is 11.8 Å². The largest absolute Gasteiger partial charge is 0.478 e. The summed E-state index contributed by atoms with van der Waals surface area (Å²) in [6, 6.07) is 3.60. The molecule has 4 nitrogen and oxygen atoms in total. The Balaban J connectivity index is 2.22. The second-order valence-corrected chi connectivity index (χ2v) is 4.69. The van der Waals surface area contributed by atoms with Crippen LogP contribution in [0.3, 0.4) is 0 Å². The summed E-state index contributed by atoms with van der Waals surface area (Å²) in [6.07, 6.45) is 0. The van der Waals surface area contributed by atoms with Gasteiger partial charge in [0.25, 0.3) is 5.24 Å². The quantitative estimate of drug-likeness (QED) is 0.899. The summed E-state index contributed by atoms with van der Waals surface area (Å²) in [7, 11) is 0. The van der Waals surface area contributed by atoms with Crippen molar-refractivity contribution < 1.29 is 19.1 Å². The fourth-order valence-electron chi connectivity index (χ4n) is 1.60. The van der Waals surface area contributed by atoms with Crippen molar-refractivity contribution in [1.29, 1.82) is 0 Å². The van der Waals surface area contributed by atoms with Crippen LogP contribution in [0, 0.1) is 5.82 Å². The first-order chi connectivity index (χ1) is 8.08. The van der Waals surface area contributed by atoms with Crippen LogP contribution in [0.5, 0.6) is 0 Å². The second-order valence-electron chi connectivity index (χ2n) is 3.65. The highest BCUT2D eigenvalue weighted by Crippen LogP contribution is 2.21. The maximum Gasteiger partial charge on any atom is 0.335 e. The van der Waals surface area contributed by atoms with E-state index in [0.29, 0.717) is 12.3 Å². The molecule has 1 heterocycles. The third kappa shape index (κ3) is 2.58. The van der Waals surface area contributed by atoms with Crippen LogP contribution < -0.4 is 0 Å². The highest BCUT2D eigenvalue weighted by Gasteiger charge is 2.22. The van der Waals surface area contributed by atoms with Gasteiger partial charge in [0.2, 0.25) is 0 Å². The summed E-state index contributed by atoms with van der Waals surface area (Å²) in [5.41, 5.74) is 0.265. The molecule has 0 unspecified atom stereocenters. The van der Waals surface area contributed by atoms with Gasteiger partial charge in [-0.3, -0.25) is 4.79 Å². The van der Waals surface area contributed by atoms with Crippen molar-refractivity contribution in [3.05, 3.63) is 35.1 Å². The molecule has 0 radical (unpaired) electrons. The van der Waals surface area contributed by atoms with Gasteiger partial charge in [-0.2, -0.15) is 0 Å². The summed E-state index contributed by atoms with van der Waals surface area (Å²) >= 11 is 1.19. The van der Waals surface area contributed by atoms with E-state index in [-0.39, 0.29) is 22.9 Å². The van der Waals surface area contributed by atoms with Crippen molar-refractivity contribution >= 4 is 23.0 Å². The molecule has 0 atom stereocenters. The molecule has 1 saturated heterocycles. The van der Waals surface area contributed by atoms with Crippen molar-refractivity contribution in [3.63, 3.8) is 0 Å². The van der Waals surface area contributed by atoms with Gasteiger partial charge in [-0.15, -0.1) is 0 Å². The summed E-state index contributed by atoms with van der Waals surface area (Å²) in [6.45, 7) is 0.693. The number of carboxylic acids is 1. The van der Waals surface area contributed by atoms with Gasteiger partial charge in [-0.25, -0.2) is 9.18 Å². The van der Waals surface area contributed by atoms with Crippen LogP contribution in [-0.4, -0.2) is 33.5 Å². The molecule has 6 heteroatoms. The van der Waals surface area contributed by atoms with Crippen molar-refractivity contribution in [1.82, 2.24) is 4.90 Å². The summed E-state index contributed by atoms with van der Waals surface area (Å²) in [5.74, 6) is -0.896. The molecule has 1 fully saturated rings. The maximum absolute atomic E-state index is 13.5. The third-order valence-electron chi connectivity index (χ3n) is 2.50. The molecule has 0 bridgehead atoms. The molecule has 1 aromatic rings. The number of nitrogens with zero attached hydrogens (tertiary/aromatic N) is 1. The number of thioether (sulfide) groups is 1. The van der Waals surface area contributed by atoms with E-state index in [0.717, 1.165) is 6.07 Å². The number of halogens is 1. The number of carbonyl (C=O) groups is 2. The van der Waals surface area contributed by atoms with E-state index < -0.39 is 11.8 Å². The monoisotopic (exact) mass is 255 g/mol. The summed E-state index contributed by atoms with van der Waals surface area (Å²) in [4.78, 5) is 23.6. The van der Waals surface area contributed by atoms with Crippen LogP contribution in [0.25, 0.3) is 0 Å². The first kappa shape index (κ1) is 11.9. The molecule has 90 valence electrons. The lowest BCUT2D eigenvalue weighted by Crippen LogP contribution is -2.23. The predicted molar refractivity (Wildman–Crippen MR) is 61.6 cm³/mol. The normalized spacial score (nSPS) is 15.4. The predicted octanol–water partition coefficient (Wildman–Crippen LogP) is 2.19. The first-order valence-corrected chi connectivity index (χ1v) is 6.00. The standard InChI is InChI=1S/C11H10FNO3S/c12-9-2-1-7(10(14)15)5-8(9)6-13-3-4-17-11(13)16/h1-2,5H,3-4,6H2,(H,14,15). The van der Waals surface area contributed by atoms with E-state index in [9.17, 15) is 14.0 Å². The lowest BCUT2D eigenvalue weighted by molar-refractivity contribution is 0.0696. The molecule has 1 aliphatic heterocycles. The van der Waals surface area contributed by atoms with Gasteiger partial charge in [0.05, 0.1) is 5.56 Å². The molecule has 2 rings (SSSR count). The number of rotatable bonds is 3. The van der Waals surface area contributed by atoms with Crippen molar-refractivity contribution in [2.75, 3.05) is 12.3 Å². The molecule has 1 aliphatic rings. The average molecular weight is 255 g/mol. The zero-order valence-electron chi connectivity index (χ0n) is 8.85. The maximum atomic E-state index is 13.5. The Morgan fingerprint density at radius 2 is 2.29 bits per heavy atom. The Labute approximate surface area is 101 Å². The van der Waals surface area contributed by atoms with Gasteiger partial charge in [0, 0.05) is 24.4 Å². The number of amides is 1. The molecule has 17 heavy (non-hydrogen) atoms. The molecule has 1 N–H and O–H groups in total. The van der Waals surface area contributed by atoms with Crippen LogP contribution in [0.4, 0.5) is 9.18 Å². The smallest absolute Gasteiger partial charge is 0.335 e. The zero-order valence-corrected chi connectivity index (χ0v) is 9.67. The van der Waals surface area contributed by atoms with Gasteiger partial charge >= 0.3 is 5.97 Å². The average Bonchev–Trinajstić information content (AvgIpc) is 2.67. The topological polar surface area (TPSA) is 57.6 Å². The fraction of sp³-hybridized carbons (Fsp3) is 0.273. The van der Waals surface area contributed by atoms with Crippen molar-refractivity contribution in [3.8, 4) is 0 Å². The van der Waals surface area contributed by atoms with E-state index in [1.807, 2.05) is 0 Å². The minimum atomic E-state index is -1.10. The number of aromatic carboxylic acids is 1. The number of hydrogen-bond donors (Lipinski definition) is 1. The van der Waals surface area contributed by atoms with Crippen molar-refractivity contribution in [2.24, 2.45) is 0 Å². The fourth-order valence-corrected chi connectivity index (χ4v) is 2.43. The van der Waals surface area contributed by atoms with Crippen LogP contribution in [-0.2, 0) is 6.54 Å². The molecular weight excluding hydrogens is 245 g/mol. The van der Waals surface area contributed by atoms with E-state index >= 15 is 0 Å². The number of hydrogen-bond acceptors (Lipinski definition) is 3. The highest BCUT2D eigenvalue weighted by atomic mass is 32.2. The Morgan fingerprint density at radius 3 is 2.88 bits per heavy atom. The number of benzene rings is 1. The van der Waals surface area contributed by atoms with Crippen LogP contribution in [0.2, 0.25) is 0 Å². The van der Waals surface area contributed by atoms with Gasteiger partial charge in [0.15, 0.2) is 0 Å². The molecule has 0 aromatic heterocycles. The molecule has 1 aromatic carbocycles. The summed E-state index contributed by atoms with van der Waals surface area (Å²) < 4.78 is 13.5. The van der Waals surface area contributed by atoms with Crippen LogP contribution in [0.1, 0.15) is 15.9 Å². The molecule has 1 amide bonds. The minimum absolute atomic E-state index is 0.0284. The van der Waals surface area contributed by atoms with Gasteiger partial charge in [-0.05, 0) is 18.2 Å². The lowest BCUT2D eigenvalue weighted by atomic mass is 10.1. The van der Waals surface area contributed by atoms with E-state index in [2.05, 4.69) is 0 Å². The lowest BCUT2D eigenvalue weighted by Gasteiger charge is -2.15. The zero-order chi connectivity index (χ0) is 12.4. The van der Waals surface area contributed by atoms with Crippen molar-refractivity contribution in [2.45, 2.75) is 6.54 Å². The number of carboxylic acid groups (broad SMARTS) is 1. The Hall–Kier alpha value is -1.56. The Morgan fingerprint density at radius 1 is 1.53 bits per heavy atom. The first-order valence-electron chi connectivity index (χ1n) is 5.01. The number of carbonyl (C=O) groups excluding carboxylic acids is 1. The SMILES string of the molecule is O=C(O)c1ccc(F)c(CN2CCSC2=O)c1. The third-order valence-corrected chi connectivity index (χ3v) is 3.39. The van der Waals surface area contributed by atoms with Gasteiger partial charge in [0.1, 0.15) is 5.82 Å². The second kappa shape index (κ2) is 4.75. The van der Waals surface area contributed by atoms with E-state index in [1.54, 1.807) is 0 Å². The van der Waals surface area contributed by atoms with Crippen LogP contribution in [0.15, 0.2) is 18.2 Å². The summed E-state index contributed by atoms with van der Waals surface area (Å²) in [5, 5.41) is 8.71. The molecule has 0 saturated carbocycles. The highest BCUT2D eigenvalue weighted by molar-refractivity contribution is 8.13.